The van der Waals surface area contributed by atoms with Crippen LogP contribution >= 0.6 is 0 Å². The van der Waals surface area contributed by atoms with Gasteiger partial charge in [0.15, 0.2) is 0 Å². The Morgan fingerprint density at radius 2 is 1.90 bits per heavy atom. The molecule has 1 saturated carbocycles. The predicted molar refractivity (Wildman–Crippen MR) is 37.7 cm³/mol. The average molecular weight is 160 g/mol. The van der Waals surface area contributed by atoms with Crippen LogP contribution in [0.3, 0.4) is 0 Å². The number of hydrogen-bond donors (Lipinski definition) is 0. The molecule has 0 spiro atoms. The molecule has 0 N–H and O–H groups in total. The Kier molecular flexibility index (Phi) is 1.15. The van der Waals surface area contributed by atoms with Crippen LogP contribution in [0.15, 0.2) is 0 Å². The molecule has 57 valence electrons. The largest absolute Gasteiger partial charge is 0.213 e. The second-order valence-corrected chi connectivity index (χ2v) is 5.08. The summed E-state index contributed by atoms with van der Waals surface area (Å²) in [6, 6.07) is 0. The first-order valence-electron chi connectivity index (χ1n) is 3.37. The van der Waals surface area contributed by atoms with Crippen LogP contribution in [0.1, 0.15) is 0 Å². The highest BCUT2D eigenvalue weighted by molar-refractivity contribution is 7.88. The van der Waals surface area contributed by atoms with Gasteiger partial charge in [-0.3, -0.25) is 0 Å². The standard InChI is InChI=1S/C6H10NO2S/c1-10(8,9)7-3-5-2-6(5)4-7/h2,5-6H,3-4H2,1H3/t5-,6+. The lowest BCUT2D eigenvalue weighted by Gasteiger charge is -2.13. The molecule has 1 aliphatic heterocycles. The second-order valence-electron chi connectivity index (χ2n) is 3.10. The molecular weight excluding hydrogens is 150 g/mol. The number of piperidine rings is 1. The topological polar surface area (TPSA) is 37.4 Å². The summed E-state index contributed by atoms with van der Waals surface area (Å²) in [5.74, 6) is 1.16. The van der Waals surface area contributed by atoms with Crippen molar-refractivity contribution in [2.45, 2.75) is 0 Å². The molecule has 2 aliphatic rings. The van der Waals surface area contributed by atoms with Gasteiger partial charge in [0.2, 0.25) is 10.0 Å². The Balaban J connectivity index is 2.10. The van der Waals surface area contributed by atoms with Crippen LogP contribution in [0.5, 0.6) is 0 Å². The van der Waals surface area contributed by atoms with Gasteiger partial charge >= 0.3 is 0 Å². The van der Waals surface area contributed by atoms with Gasteiger partial charge in [-0.25, -0.2) is 12.7 Å². The summed E-state index contributed by atoms with van der Waals surface area (Å²) in [6.07, 6.45) is 3.49. The quantitative estimate of drug-likeness (QED) is 0.528. The molecule has 1 aliphatic carbocycles. The SMILES string of the molecule is CS(=O)(=O)N1C[C@H]2[CH][C@H]2C1. The Bertz CT molecular complexity index is 236. The Labute approximate surface area is 61.1 Å². The molecule has 0 amide bonds. The molecule has 0 aromatic rings. The zero-order valence-electron chi connectivity index (χ0n) is 5.82. The normalized spacial score (nSPS) is 39.7. The fraction of sp³-hybridized carbons (Fsp3) is 0.833. The summed E-state index contributed by atoms with van der Waals surface area (Å²) >= 11 is 0. The van der Waals surface area contributed by atoms with Crippen LogP contribution in [0.2, 0.25) is 0 Å². The van der Waals surface area contributed by atoms with Crippen LogP contribution in [-0.2, 0) is 10.0 Å². The maximum Gasteiger partial charge on any atom is 0.211 e. The first-order chi connectivity index (χ1) is 4.57. The third-order valence-electron chi connectivity index (χ3n) is 2.20. The van der Waals surface area contributed by atoms with Crippen molar-refractivity contribution in [2.75, 3.05) is 19.3 Å². The van der Waals surface area contributed by atoms with Crippen molar-refractivity contribution >= 4 is 10.0 Å². The van der Waals surface area contributed by atoms with E-state index < -0.39 is 10.0 Å². The molecule has 0 aromatic heterocycles. The lowest BCUT2D eigenvalue weighted by atomic mass is 10.4. The minimum Gasteiger partial charge on any atom is -0.213 e. The van der Waals surface area contributed by atoms with Crippen molar-refractivity contribution in [3.05, 3.63) is 6.42 Å². The van der Waals surface area contributed by atoms with E-state index in [9.17, 15) is 8.42 Å². The van der Waals surface area contributed by atoms with Crippen molar-refractivity contribution in [1.82, 2.24) is 4.31 Å². The highest BCUT2D eigenvalue weighted by atomic mass is 32.2. The summed E-state index contributed by atoms with van der Waals surface area (Å²) in [6.45, 7) is 1.45. The molecule has 10 heavy (non-hydrogen) atoms. The van der Waals surface area contributed by atoms with Crippen molar-refractivity contribution in [3.8, 4) is 0 Å². The van der Waals surface area contributed by atoms with E-state index in [-0.39, 0.29) is 0 Å². The van der Waals surface area contributed by atoms with E-state index in [0.717, 1.165) is 13.1 Å². The zero-order valence-corrected chi connectivity index (χ0v) is 6.63. The lowest BCUT2D eigenvalue weighted by molar-refractivity contribution is 0.460. The Morgan fingerprint density at radius 1 is 1.40 bits per heavy atom. The number of rotatable bonds is 1. The molecule has 4 heteroatoms. The minimum absolute atomic E-state index is 0.578. The van der Waals surface area contributed by atoms with E-state index >= 15 is 0 Å². The summed E-state index contributed by atoms with van der Waals surface area (Å²) < 4.78 is 23.4. The molecule has 0 unspecified atom stereocenters. The molecule has 3 nitrogen and oxygen atoms in total. The first-order valence-corrected chi connectivity index (χ1v) is 5.22. The molecule has 0 aromatic carbocycles. The molecule has 2 rings (SSSR count). The van der Waals surface area contributed by atoms with Crippen molar-refractivity contribution in [2.24, 2.45) is 11.8 Å². The van der Waals surface area contributed by atoms with Gasteiger partial charge in [-0.1, -0.05) is 0 Å². The zero-order chi connectivity index (χ0) is 7.35. The van der Waals surface area contributed by atoms with Gasteiger partial charge in [0.1, 0.15) is 0 Å². The van der Waals surface area contributed by atoms with Crippen LogP contribution in [0, 0.1) is 18.3 Å². The summed E-state index contributed by atoms with van der Waals surface area (Å²) in [5, 5.41) is 0. The molecule has 2 atom stereocenters. The molecule has 1 radical (unpaired) electrons. The van der Waals surface area contributed by atoms with Gasteiger partial charge in [-0.05, 0) is 18.3 Å². The summed E-state index contributed by atoms with van der Waals surface area (Å²) in [4.78, 5) is 0. The molecule has 1 heterocycles. The lowest BCUT2D eigenvalue weighted by Crippen LogP contribution is -2.29. The van der Waals surface area contributed by atoms with Crippen molar-refractivity contribution in [3.63, 3.8) is 0 Å². The minimum atomic E-state index is -2.89. The molecule has 1 saturated heterocycles. The Morgan fingerprint density at radius 3 is 2.20 bits per heavy atom. The van der Waals surface area contributed by atoms with Crippen LogP contribution in [0.4, 0.5) is 0 Å². The van der Waals surface area contributed by atoms with E-state index in [1.807, 2.05) is 0 Å². The fourth-order valence-electron chi connectivity index (χ4n) is 1.46. The highest BCUT2D eigenvalue weighted by Crippen LogP contribution is 2.44. The maximum atomic E-state index is 10.9. The van der Waals surface area contributed by atoms with Crippen LogP contribution in [0.25, 0.3) is 0 Å². The number of sulfonamides is 1. The van der Waals surface area contributed by atoms with E-state index in [0.29, 0.717) is 11.8 Å². The van der Waals surface area contributed by atoms with Crippen LogP contribution < -0.4 is 0 Å². The van der Waals surface area contributed by atoms with E-state index in [1.165, 1.54) is 6.26 Å². The third kappa shape index (κ3) is 0.953. The van der Waals surface area contributed by atoms with Crippen LogP contribution in [-0.4, -0.2) is 32.1 Å². The summed E-state index contributed by atoms with van der Waals surface area (Å²) in [5.41, 5.74) is 0. The van der Waals surface area contributed by atoms with Crippen molar-refractivity contribution in [1.29, 1.82) is 0 Å². The Hall–Kier alpha value is -0.0900. The van der Waals surface area contributed by atoms with E-state index in [2.05, 4.69) is 6.42 Å². The average Bonchev–Trinajstić information content (AvgIpc) is 2.38. The van der Waals surface area contributed by atoms with E-state index in [4.69, 9.17) is 0 Å². The molecular formula is C6H10NO2S. The summed E-state index contributed by atoms with van der Waals surface area (Å²) in [7, 11) is -2.89. The van der Waals surface area contributed by atoms with Gasteiger partial charge in [0.25, 0.3) is 0 Å². The van der Waals surface area contributed by atoms with Gasteiger partial charge in [-0.15, -0.1) is 0 Å². The fourth-order valence-corrected chi connectivity index (χ4v) is 2.35. The first kappa shape index (κ1) is 6.61. The monoisotopic (exact) mass is 160 g/mol. The predicted octanol–water partition coefficient (Wildman–Crippen LogP) is -0.288. The van der Waals surface area contributed by atoms with Gasteiger partial charge in [-0.2, -0.15) is 0 Å². The van der Waals surface area contributed by atoms with E-state index in [1.54, 1.807) is 4.31 Å². The second kappa shape index (κ2) is 1.74. The molecule has 2 fully saturated rings. The number of fused-ring (bicyclic) bond motifs is 1. The van der Waals surface area contributed by atoms with Gasteiger partial charge in [0.05, 0.1) is 6.26 Å². The number of hydrogen-bond acceptors (Lipinski definition) is 2. The maximum absolute atomic E-state index is 10.9. The highest BCUT2D eigenvalue weighted by Gasteiger charge is 2.47. The number of nitrogens with zero attached hydrogens (tertiary/aromatic N) is 1. The van der Waals surface area contributed by atoms with Crippen molar-refractivity contribution < 1.29 is 8.42 Å². The van der Waals surface area contributed by atoms with Gasteiger partial charge in [0, 0.05) is 13.1 Å². The smallest absolute Gasteiger partial charge is 0.211 e. The van der Waals surface area contributed by atoms with Gasteiger partial charge < -0.3 is 0 Å². The molecule has 0 bridgehead atoms. The third-order valence-corrected chi connectivity index (χ3v) is 3.44.